The first-order valence-corrected chi connectivity index (χ1v) is 3.46. The van der Waals surface area contributed by atoms with Crippen molar-refractivity contribution in [2.45, 2.75) is 45.2 Å². The number of halogens is 2. The summed E-state index contributed by atoms with van der Waals surface area (Å²) in [5.41, 5.74) is 11.2. The minimum atomic E-state index is -0.0480. The lowest BCUT2D eigenvalue weighted by molar-refractivity contribution is 0.437. The molecule has 0 saturated heterocycles. The van der Waals surface area contributed by atoms with Gasteiger partial charge in [0.1, 0.15) is 0 Å². The predicted octanol–water partition coefficient (Wildman–Crippen LogP) is 1.69. The Balaban J connectivity index is -0.000000320. The summed E-state index contributed by atoms with van der Waals surface area (Å²) in [6.45, 7) is 6.05. The van der Waals surface area contributed by atoms with E-state index in [1.165, 1.54) is 0 Å². The van der Waals surface area contributed by atoms with Crippen LogP contribution in [0.3, 0.4) is 0 Å². The summed E-state index contributed by atoms with van der Waals surface area (Å²) in [5.74, 6) is 0. The molecule has 11 heavy (non-hydrogen) atoms. The van der Waals surface area contributed by atoms with Gasteiger partial charge in [-0.25, -0.2) is 0 Å². The average Bonchev–Trinajstić information content (AvgIpc) is 1.59. The Morgan fingerprint density at radius 2 is 1.64 bits per heavy atom. The van der Waals surface area contributed by atoms with Crippen molar-refractivity contribution in [2.75, 3.05) is 0 Å². The standard InChI is InChI=1S/C7H18N2.2ClH/c1-6(8)4-5-7(2,3)9;;/h6H,4-5,8-9H2,1-3H3;2*1H. The second-order valence-corrected chi connectivity index (χ2v) is 3.50. The molecule has 2 nitrogen and oxygen atoms in total. The molecule has 0 spiro atoms. The van der Waals surface area contributed by atoms with Crippen LogP contribution in [-0.4, -0.2) is 11.6 Å². The van der Waals surface area contributed by atoms with Crippen LogP contribution in [0.5, 0.6) is 0 Å². The molecule has 0 aromatic heterocycles. The van der Waals surface area contributed by atoms with Crippen LogP contribution in [0.15, 0.2) is 0 Å². The van der Waals surface area contributed by atoms with E-state index in [9.17, 15) is 0 Å². The van der Waals surface area contributed by atoms with Crippen molar-refractivity contribution in [3.05, 3.63) is 0 Å². The Morgan fingerprint density at radius 1 is 1.27 bits per heavy atom. The molecule has 0 aliphatic heterocycles. The van der Waals surface area contributed by atoms with Gasteiger partial charge in [0.25, 0.3) is 0 Å². The molecule has 0 amide bonds. The van der Waals surface area contributed by atoms with Gasteiger partial charge in [-0.1, -0.05) is 0 Å². The molecule has 4 heteroatoms. The molecular formula is C7H20Cl2N2. The summed E-state index contributed by atoms with van der Waals surface area (Å²) in [4.78, 5) is 0. The van der Waals surface area contributed by atoms with Crippen LogP contribution in [0.25, 0.3) is 0 Å². The van der Waals surface area contributed by atoms with Crippen molar-refractivity contribution in [2.24, 2.45) is 11.5 Å². The first-order valence-electron chi connectivity index (χ1n) is 3.46. The molecule has 0 saturated carbocycles. The van der Waals surface area contributed by atoms with Gasteiger partial charge in [0, 0.05) is 11.6 Å². The Hall–Kier alpha value is 0.500. The largest absolute Gasteiger partial charge is 0.328 e. The van der Waals surface area contributed by atoms with E-state index in [2.05, 4.69) is 0 Å². The summed E-state index contributed by atoms with van der Waals surface area (Å²) >= 11 is 0. The van der Waals surface area contributed by atoms with Crippen molar-refractivity contribution < 1.29 is 0 Å². The molecule has 0 rings (SSSR count). The molecule has 4 N–H and O–H groups in total. The highest BCUT2D eigenvalue weighted by Crippen LogP contribution is 2.07. The van der Waals surface area contributed by atoms with Gasteiger partial charge in [-0.15, -0.1) is 24.8 Å². The second-order valence-electron chi connectivity index (χ2n) is 3.50. The third kappa shape index (κ3) is 18.0. The van der Waals surface area contributed by atoms with E-state index in [0.29, 0.717) is 0 Å². The number of hydrogen-bond acceptors (Lipinski definition) is 2. The van der Waals surface area contributed by atoms with Gasteiger partial charge in [-0.2, -0.15) is 0 Å². The zero-order chi connectivity index (χ0) is 7.49. The minimum Gasteiger partial charge on any atom is -0.328 e. The lowest BCUT2D eigenvalue weighted by atomic mass is 9.98. The van der Waals surface area contributed by atoms with Crippen molar-refractivity contribution >= 4 is 24.8 Å². The van der Waals surface area contributed by atoms with Crippen molar-refractivity contribution in [1.29, 1.82) is 0 Å². The van der Waals surface area contributed by atoms with Crippen LogP contribution < -0.4 is 11.5 Å². The Kier molecular flexibility index (Phi) is 11.4. The van der Waals surface area contributed by atoms with Gasteiger partial charge in [0.2, 0.25) is 0 Å². The van der Waals surface area contributed by atoms with Gasteiger partial charge in [0.15, 0.2) is 0 Å². The van der Waals surface area contributed by atoms with E-state index in [1.54, 1.807) is 0 Å². The summed E-state index contributed by atoms with van der Waals surface area (Å²) in [6, 6.07) is 0.285. The van der Waals surface area contributed by atoms with Gasteiger partial charge in [-0.3, -0.25) is 0 Å². The molecular weight excluding hydrogens is 183 g/mol. The van der Waals surface area contributed by atoms with E-state index >= 15 is 0 Å². The van der Waals surface area contributed by atoms with Crippen LogP contribution in [0, 0.1) is 0 Å². The van der Waals surface area contributed by atoms with Gasteiger partial charge in [0.05, 0.1) is 0 Å². The van der Waals surface area contributed by atoms with Crippen molar-refractivity contribution in [1.82, 2.24) is 0 Å². The maximum atomic E-state index is 5.73. The summed E-state index contributed by atoms with van der Waals surface area (Å²) in [5, 5.41) is 0. The minimum absolute atomic E-state index is 0. The summed E-state index contributed by atoms with van der Waals surface area (Å²) in [6.07, 6.45) is 2.02. The number of nitrogens with two attached hydrogens (primary N) is 2. The van der Waals surface area contributed by atoms with Crippen LogP contribution in [0.4, 0.5) is 0 Å². The topological polar surface area (TPSA) is 52.0 Å². The number of hydrogen-bond donors (Lipinski definition) is 2. The monoisotopic (exact) mass is 202 g/mol. The molecule has 0 aromatic carbocycles. The molecule has 0 aliphatic carbocycles. The van der Waals surface area contributed by atoms with E-state index < -0.39 is 0 Å². The van der Waals surface area contributed by atoms with Crippen LogP contribution in [0.1, 0.15) is 33.6 Å². The summed E-state index contributed by atoms with van der Waals surface area (Å²) < 4.78 is 0. The molecule has 0 aromatic rings. The zero-order valence-corrected chi connectivity index (χ0v) is 9.10. The summed E-state index contributed by atoms with van der Waals surface area (Å²) in [7, 11) is 0. The fourth-order valence-electron chi connectivity index (χ4n) is 0.600. The van der Waals surface area contributed by atoms with E-state index in [4.69, 9.17) is 11.5 Å². The highest BCUT2D eigenvalue weighted by atomic mass is 35.5. The number of rotatable bonds is 3. The van der Waals surface area contributed by atoms with Crippen LogP contribution in [-0.2, 0) is 0 Å². The quantitative estimate of drug-likeness (QED) is 0.733. The lowest BCUT2D eigenvalue weighted by Gasteiger charge is -2.18. The SMILES string of the molecule is CC(N)CCC(C)(C)N.Cl.Cl. The van der Waals surface area contributed by atoms with Crippen LogP contribution >= 0.6 is 24.8 Å². The smallest absolute Gasteiger partial charge is 0.00976 e. The molecule has 1 atom stereocenters. The van der Waals surface area contributed by atoms with E-state index in [-0.39, 0.29) is 36.4 Å². The molecule has 72 valence electrons. The highest BCUT2D eigenvalue weighted by Gasteiger charge is 2.10. The van der Waals surface area contributed by atoms with Crippen LogP contribution in [0.2, 0.25) is 0 Å². The van der Waals surface area contributed by atoms with Crippen molar-refractivity contribution in [3.8, 4) is 0 Å². The molecule has 1 unspecified atom stereocenters. The normalized spacial score (nSPS) is 12.8. The first kappa shape index (κ1) is 17.5. The molecule has 0 radical (unpaired) electrons. The molecule has 0 bridgehead atoms. The van der Waals surface area contributed by atoms with Crippen molar-refractivity contribution in [3.63, 3.8) is 0 Å². The Morgan fingerprint density at radius 3 is 1.73 bits per heavy atom. The van der Waals surface area contributed by atoms with Gasteiger partial charge < -0.3 is 11.5 Å². The molecule has 0 heterocycles. The third-order valence-electron chi connectivity index (χ3n) is 1.24. The maximum absolute atomic E-state index is 5.73. The fraction of sp³-hybridized carbons (Fsp3) is 1.00. The molecule has 0 fully saturated rings. The fourth-order valence-corrected chi connectivity index (χ4v) is 0.600. The Labute approximate surface area is 81.9 Å². The maximum Gasteiger partial charge on any atom is 0.00976 e. The lowest BCUT2D eigenvalue weighted by Crippen LogP contribution is -2.33. The average molecular weight is 203 g/mol. The van der Waals surface area contributed by atoms with Gasteiger partial charge in [-0.05, 0) is 33.6 Å². The predicted molar refractivity (Wildman–Crippen MR) is 55.6 cm³/mol. The van der Waals surface area contributed by atoms with E-state index in [0.717, 1.165) is 12.8 Å². The first-order chi connectivity index (χ1) is 3.92. The zero-order valence-electron chi connectivity index (χ0n) is 7.46. The Bertz CT molecular complexity index is 79.0. The second kappa shape index (κ2) is 7.17. The highest BCUT2D eigenvalue weighted by molar-refractivity contribution is 5.85. The molecule has 0 aliphatic rings. The van der Waals surface area contributed by atoms with E-state index in [1.807, 2.05) is 20.8 Å². The third-order valence-corrected chi connectivity index (χ3v) is 1.24. The van der Waals surface area contributed by atoms with Gasteiger partial charge >= 0.3 is 0 Å².